The van der Waals surface area contributed by atoms with Crippen molar-refractivity contribution in [2.75, 3.05) is 21.3 Å². The van der Waals surface area contributed by atoms with Crippen molar-refractivity contribution in [1.29, 1.82) is 0 Å². The Labute approximate surface area is 121 Å². The van der Waals surface area contributed by atoms with Gasteiger partial charge in [-0.1, -0.05) is 0 Å². The SMILES string of the molecule is COc1cc2oc(C(=O)O)c(C3CC3)c2c(OC)c1OC. The van der Waals surface area contributed by atoms with Gasteiger partial charge in [0.15, 0.2) is 11.5 Å². The molecular formula is C15H16O6. The van der Waals surface area contributed by atoms with Gasteiger partial charge in [-0.3, -0.25) is 0 Å². The van der Waals surface area contributed by atoms with E-state index in [1.165, 1.54) is 21.3 Å². The van der Waals surface area contributed by atoms with Crippen LogP contribution in [0.4, 0.5) is 0 Å². The molecule has 1 fully saturated rings. The molecule has 1 aromatic heterocycles. The Morgan fingerprint density at radius 2 is 1.86 bits per heavy atom. The minimum atomic E-state index is -1.08. The fraction of sp³-hybridized carbons (Fsp3) is 0.400. The summed E-state index contributed by atoms with van der Waals surface area (Å²) in [6.07, 6.45) is 1.90. The maximum atomic E-state index is 11.4. The Kier molecular flexibility index (Phi) is 3.16. The van der Waals surface area contributed by atoms with Gasteiger partial charge in [-0.05, 0) is 18.8 Å². The van der Waals surface area contributed by atoms with E-state index in [9.17, 15) is 9.90 Å². The Morgan fingerprint density at radius 1 is 1.19 bits per heavy atom. The Bertz CT molecular complexity index is 711. The van der Waals surface area contributed by atoms with Crippen molar-refractivity contribution >= 4 is 16.9 Å². The second-order valence-corrected chi connectivity index (χ2v) is 4.94. The molecule has 1 N–H and O–H groups in total. The molecule has 0 atom stereocenters. The van der Waals surface area contributed by atoms with Crippen LogP contribution in [0.3, 0.4) is 0 Å². The van der Waals surface area contributed by atoms with E-state index in [4.69, 9.17) is 18.6 Å². The summed E-state index contributed by atoms with van der Waals surface area (Å²) in [5.41, 5.74) is 1.12. The fourth-order valence-electron chi connectivity index (χ4n) is 2.67. The standard InChI is InChI=1S/C15H16O6/c1-18-9-6-8-11(13(20-3)12(9)19-2)10(7-4-5-7)14(21-8)15(16)17/h6-7H,4-5H2,1-3H3,(H,16,17). The summed E-state index contributed by atoms with van der Waals surface area (Å²) in [7, 11) is 4.54. The van der Waals surface area contributed by atoms with Crippen molar-refractivity contribution < 1.29 is 28.5 Å². The molecule has 1 aliphatic carbocycles. The number of furan rings is 1. The number of benzene rings is 1. The van der Waals surface area contributed by atoms with Gasteiger partial charge in [-0.25, -0.2) is 4.79 Å². The van der Waals surface area contributed by atoms with Crippen LogP contribution in [-0.2, 0) is 0 Å². The van der Waals surface area contributed by atoms with E-state index in [1.807, 2.05) is 0 Å². The number of ether oxygens (including phenoxy) is 3. The molecule has 21 heavy (non-hydrogen) atoms. The van der Waals surface area contributed by atoms with Gasteiger partial charge in [0.2, 0.25) is 11.5 Å². The van der Waals surface area contributed by atoms with Crippen LogP contribution in [0, 0.1) is 0 Å². The molecule has 0 radical (unpaired) electrons. The van der Waals surface area contributed by atoms with Crippen LogP contribution in [0.25, 0.3) is 11.0 Å². The summed E-state index contributed by atoms with van der Waals surface area (Å²) in [4.78, 5) is 11.4. The second kappa shape index (κ2) is 4.87. The van der Waals surface area contributed by atoms with Gasteiger partial charge in [0.05, 0.1) is 26.7 Å². The number of fused-ring (bicyclic) bond motifs is 1. The molecular weight excluding hydrogens is 276 g/mol. The summed E-state index contributed by atoms with van der Waals surface area (Å²) in [6, 6.07) is 1.63. The quantitative estimate of drug-likeness (QED) is 0.912. The van der Waals surface area contributed by atoms with Gasteiger partial charge >= 0.3 is 5.97 Å². The lowest BCUT2D eigenvalue weighted by Gasteiger charge is -2.13. The minimum Gasteiger partial charge on any atom is -0.493 e. The zero-order valence-electron chi connectivity index (χ0n) is 12.1. The molecule has 0 spiro atoms. The number of carboxylic acids is 1. The zero-order chi connectivity index (χ0) is 15.1. The largest absolute Gasteiger partial charge is 0.493 e. The number of rotatable bonds is 5. The first kappa shape index (κ1) is 13.6. The van der Waals surface area contributed by atoms with Crippen molar-refractivity contribution in [3.05, 3.63) is 17.4 Å². The molecule has 0 saturated heterocycles. The number of methoxy groups -OCH3 is 3. The van der Waals surface area contributed by atoms with Gasteiger partial charge in [-0.15, -0.1) is 0 Å². The number of hydrogen-bond donors (Lipinski definition) is 1. The third-order valence-corrected chi connectivity index (χ3v) is 3.70. The third-order valence-electron chi connectivity index (χ3n) is 3.70. The van der Waals surface area contributed by atoms with Crippen LogP contribution in [0.1, 0.15) is 34.9 Å². The van der Waals surface area contributed by atoms with E-state index in [0.717, 1.165) is 12.8 Å². The minimum absolute atomic E-state index is 0.0268. The van der Waals surface area contributed by atoms with Crippen LogP contribution in [0.15, 0.2) is 10.5 Å². The summed E-state index contributed by atoms with van der Waals surface area (Å²) in [5.74, 6) is 0.422. The van der Waals surface area contributed by atoms with E-state index in [1.54, 1.807) is 6.07 Å². The van der Waals surface area contributed by atoms with Crippen LogP contribution >= 0.6 is 0 Å². The number of carboxylic acid groups (broad SMARTS) is 1. The van der Waals surface area contributed by atoms with E-state index in [-0.39, 0.29) is 11.7 Å². The van der Waals surface area contributed by atoms with Gasteiger partial charge in [0, 0.05) is 11.6 Å². The summed E-state index contributed by atoms with van der Waals surface area (Å²) >= 11 is 0. The first-order valence-electron chi connectivity index (χ1n) is 6.61. The Balaban J connectivity index is 2.40. The molecule has 0 amide bonds. The van der Waals surface area contributed by atoms with E-state index >= 15 is 0 Å². The topological polar surface area (TPSA) is 78.1 Å². The first-order valence-corrected chi connectivity index (χ1v) is 6.61. The predicted molar refractivity (Wildman–Crippen MR) is 74.8 cm³/mol. The van der Waals surface area contributed by atoms with Crippen molar-refractivity contribution in [2.24, 2.45) is 0 Å². The van der Waals surface area contributed by atoms with Crippen LogP contribution in [-0.4, -0.2) is 32.4 Å². The van der Waals surface area contributed by atoms with E-state index in [2.05, 4.69) is 0 Å². The third kappa shape index (κ3) is 1.98. The predicted octanol–water partition coefficient (Wildman–Crippen LogP) is 3.03. The molecule has 3 rings (SSSR count). The van der Waals surface area contributed by atoms with E-state index < -0.39 is 5.97 Å². The lowest BCUT2D eigenvalue weighted by molar-refractivity contribution is 0.0663. The number of hydrogen-bond acceptors (Lipinski definition) is 5. The van der Waals surface area contributed by atoms with Gasteiger partial charge in [0.1, 0.15) is 5.58 Å². The molecule has 2 aromatic rings. The Morgan fingerprint density at radius 3 is 2.33 bits per heavy atom. The van der Waals surface area contributed by atoms with Crippen molar-refractivity contribution in [1.82, 2.24) is 0 Å². The van der Waals surface area contributed by atoms with Crippen LogP contribution < -0.4 is 14.2 Å². The van der Waals surface area contributed by atoms with Gasteiger partial charge in [-0.2, -0.15) is 0 Å². The second-order valence-electron chi connectivity index (χ2n) is 4.94. The molecule has 1 aromatic carbocycles. The highest BCUT2D eigenvalue weighted by atomic mass is 16.5. The van der Waals surface area contributed by atoms with Crippen molar-refractivity contribution in [3.63, 3.8) is 0 Å². The molecule has 112 valence electrons. The maximum absolute atomic E-state index is 11.4. The monoisotopic (exact) mass is 292 g/mol. The number of aromatic carboxylic acids is 1. The van der Waals surface area contributed by atoms with Gasteiger partial charge < -0.3 is 23.7 Å². The molecule has 1 saturated carbocycles. The van der Waals surface area contributed by atoms with Crippen LogP contribution in [0.5, 0.6) is 17.2 Å². The highest BCUT2D eigenvalue weighted by Gasteiger charge is 2.36. The summed E-state index contributed by atoms with van der Waals surface area (Å²) in [5, 5.41) is 10.0. The zero-order valence-corrected chi connectivity index (χ0v) is 12.1. The summed E-state index contributed by atoms with van der Waals surface area (Å²) < 4.78 is 21.6. The average Bonchev–Trinajstić information content (AvgIpc) is 3.24. The molecule has 6 heteroatoms. The smallest absolute Gasteiger partial charge is 0.372 e. The Hall–Kier alpha value is -2.37. The average molecular weight is 292 g/mol. The van der Waals surface area contributed by atoms with Crippen molar-refractivity contribution in [3.8, 4) is 17.2 Å². The maximum Gasteiger partial charge on any atom is 0.372 e. The summed E-state index contributed by atoms with van der Waals surface area (Å²) in [6.45, 7) is 0. The van der Waals surface area contributed by atoms with E-state index in [0.29, 0.717) is 33.8 Å². The molecule has 1 aliphatic rings. The molecule has 0 aliphatic heterocycles. The molecule has 1 heterocycles. The lowest BCUT2D eigenvalue weighted by Crippen LogP contribution is -1.99. The lowest BCUT2D eigenvalue weighted by atomic mass is 10.0. The first-order chi connectivity index (χ1) is 10.1. The fourth-order valence-corrected chi connectivity index (χ4v) is 2.67. The van der Waals surface area contributed by atoms with Gasteiger partial charge in [0.25, 0.3) is 0 Å². The number of carbonyl (C=O) groups is 1. The molecule has 6 nitrogen and oxygen atoms in total. The normalized spacial score (nSPS) is 14.2. The van der Waals surface area contributed by atoms with Crippen LogP contribution in [0.2, 0.25) is 0 Å². The molecule has 0 bridgehead atoms. The highest BCUT2D eigenvalue weighted by molar-refractivity contribution is 6.00. The highest BCUT2D eigenvalue weighted by Crippen LogP contribution is 2.52. The molecule has 0 unspecified atom stereocenters. The van der Waals surface area contributed by atoms with Crippen molar-refractivity contribution in [2.45, 2.75) is 18.8 Å².